The number of allylic oxidation sites excluding steroid dienone is 1. The van der Waals surface area contributed by atoms with Crippen LogP contribution in [-0.4, -0.2) is 109 Å². The second-order valence-corrected chi connectivity index (χ2v) is 17.5. The second-order valence-electron chi connectivity index (χ2n) is 16.0. The molecule has 0 aromatic carbocycles. The van der Waals surface area contributed by atoms with Gasteiger partial charge in [-0.15, -0.1) is 0 Å². The molecule has 0 saturated heterocycles. The fraction of sp³-hybridized carbons (Fsp3) is 0.605. The van der Waals surface area contributed by atoms with Crippen LogP contribution >= 0.6 is 0 Å². The van der Waals surface area contributed by atoms with Crippen molar-refractivity contribution in [3.05, 3.63) is 52.7 Å². The maximum Gasteiger partial charge on any atom is 0 e. The average molecular weight is 1040 g/mol. The Hall–Kier alpha value is -4.24. The van der Waals surface area contributed by atoms with E-state index in [0.29, 0.717) is 75.3 Å². The number of halogens is 3. The normalized spacial score (nSPS) is 16.3. The quantitative estimate of drug-likeness (QED) is 0.0358. The summed E-state index contributed by atoms with van der Waals surface area (Å²) in [5, 5.41) is 4.46. The van der Waals surface area contributed by atoms with Crippen molar-refractivity contribution in [2.75, 3.05) is 40.0 Å². The summed E-state index contributed by atoms with van der Waals surface area (Å²) in [4.78, 5) is 64.0. The minimum Gasteiger partial charge on any atom is 0 e. The zero-order valence-corrected chi connectivity index (χ0v) is 42.9. The van der Waals surface area contributed by atoms with E-state index in [2.05, 4.69) is 32.9 Å². The molecule has 0 radical (unpaired) electrons. The van der Waals surface area contributed by atoms with E-state index in [-0.39, 0.29) is 77.2 Å². The van der Waals surface area contributed by atoms with Gasteiger partial charge >= 0.3 is 57.4 Å². The SMILES string of the molecule is CCOC(=O)C1=C(OS(=O)(=O)C(F)(F)F)CCCC1.CCOC(=O)C1CCCCC1=O.COc1cc(C=O)c(OCC2=C(c3ccnn3C(C)C)CN(C(=O)OC(C)(C)C)CC2)cn1.[O]=[Ti].[Ti]. The molecule has 67 heavy (non-hydrogen) atoms. The number of pyridine rings is 1. The first-order valence-electron chi connectivity index (χ1n) is 21.2. The monoisotopic (exact) mass is 1040 g/mol. The van der Waals surface area contributed by atoms with E-state index in [4.69, 9.17) is 22.3 Å². The van der Waals surface area contributed by atoms with Crippen molar-refractivity contribution < 1.29 is 119 Å². The number of ketones is 1. The molecule has 18 nitrogen and oxygen atoms in total. The van der Waals surface area contributed by atoms with Gasteiger partial charge in [-0.1, -0.05) is 6.42 Å². The first-order chi connectivity index (χ1) is 31.1. The number of ether oxygens (including phenoxy) is 5. The summed E-state index contributed by atoms with van der Waals surface area (Å²) in [5.41, 5.74) is -2.94. The zero-order chi connectivity index (χ0) is 49.8. The minimum atomic E-state index is -5.74. The van der Waals surface area contributed by atoms with E-state index in [1.54, 1.807) is 18.0 Å². The van der Waals surface area contributed by atoms with Crippen molar-refractivity contribution in [3.63, 3.8) is 0 Å². The number of hydrogen-bond donors (Lipinski definition) is 0. The molecule has 1 unspecified atom stereocenters. The molecule has 370 valence electrons. The Morgan fingerprint density at radius 1 is 0.985 bits per heavy atom. The molecule has 1 aliphatic heterocycles. The average Bonchev–Trinajstić information content (AvgIpc) is 3.77. The fourth-order valence-electron chi connectivity index (χ4n) is 6.66. The van der Waals surface area contributed by atoms with Crippen LogP contribution in [0.1, 0.15) is 128 Å². The number of methoxy groups -OCH3 is 1. The number of amides is 1. The predicted octanol–water partition coefficient (Wildman–Crippen LogP) is 7.58. The first kappa shape index (κ1) is 60.8. The summed E-state index contributed by atoms with van der Waals surface area (Å²) in [6, 6.07) is 3.63. The van der Waals surface area contributed by atoms with Gasteiger partial charge in [-0.3, -0.25) is 19.1 Å². The number of aldehydes is 1. The summed E-state index contributed by atoms with van der Waals surface area (Å²) in [6.45, 7) is 14.5. The van der Waals surface area contributed by atoms with Gasteiger partial charge in [0.2, 0.25) is 5.88 Å². The van der Waals surface area contributed by atoms with Crippen LogP contribution in [0.25, 0.3) is 5.57 Å². The molecule has 5 rings (SSSR count). The van der Waals surface area contributed by atoms with E-state index in [1.807, 2.05) is 31.5 Å². The standard InChI is InChI=1S/C24H32N4O5.C10H13F3O5S.C9H14O3.O.2Ti/c1-16(2)28-20(7-9-26-28)19-13-27(23(30)33-24(3,4)5)10-8-17(19)15-32-21-12-25-22(31-6)11-18(21)14-29;1-2-17-9(14)7-5-3-4-6-8(7)18-19(15,16)10(11,12)13;1-2-12-9(11)7-5-3-4-6-8(7)10;;;/h7,9,11-12,14,16H,8,10,13,15H2,1-6H3;2-6H2,1H3;7H,2-6H2,1H3;;;. The van der Waals surface area contributed by atoms with Crippen LogP contribution in [-0.2, 0) is 88.3 Å². The third-order valence-corrected chi connectivity index (χ3v) is 10.7. The number of carbonyl (C=O) groups is 5. The summed E-state index contributed by atoms with van der Waals surface area (Å²) < 4.78 is 98.8. The van der Waals surface area contributed by atoms with Gasteiger partial charge in [0.15, 0.2) is 6.29 Å². The molecule has 1 fully saturated rings. The Bertz CT molecular complexity index is 2160. The third-order valence-electron chi connectivity index (χ3n) is 9.75. The molecule has 2 aromatic heterocycles. The van der Waals surface area contributed by atoms with Gasteiger partial charge < -0.3 is 32.8 Å². The predicted molar refractivity (Wildman–Crippen MR) is 226 cm³/mol. The molecule has 2 aliphatic carbocycles. The van der Waals surface area contributed by atoms with Crippen molar-refractivity contribution in [1.82, 2.24) is 19.7 Å². The van der Waals surface area contributed by atoms with Crippen LogP contribution in [0.15, 0.2) is 41.4 Å². The molecule has 1 saturated carbocycles. The summed E-state index contributed by atoms with van der Waals surface area (Å²) in [7, 11) is -4.25. The van der Waals surface area contributed by atoms with Crippen LogP contribution in [0.5, 0.6) is 11.6 Å². The largest absolute Gasteiger partial charge is 0 e. The molecule has 0 spiro atoms. The van der Waals surface area contributed by atoms with Gasteiger partial charge in [0.25, 0.3) is 0 Å². The molecule has 0 bridgehead atoms. The first-order valence-corrected chi connectivity index (χ1v) is 23.3. The fourth-order valence-corrected chi connectivity index (χ4v) is 7.20. The number of aromatic nitrogens is 3. The number of nitrogens with zero attached hydrogens (tertiary/aromatic N) is 4. The summed E-state index contributed by atoms with van der Waals surface area (Å²) >= 11 is 0.750. The van der Waals surface area contributed by atoms with Crippen molar-refractivity contribution in [2.45, 2.75) is 123 Å². The van der Waals surface area contributed by atoms with Gasteiger partial charge in [-0.05, 0) is 104 Å². The van der Waals surface area contributed by atoms with E-state index in [9.17, 15) is 45.6 Å². The summed E-state index contributed by atoms with van der Waals surface area (Å²) in [5.74, 6) is -1.32. The Labute approximate surface area is 415 Å². The van der Waals surface area contributed by atoms with Crippen LogP contribution in [0.4, 0.5) is 18.0 Å². The third kappa shape index (κ3) is 19.0. The molecular formula is C43H59F3N4O14STi2. The summed E-state index contributed by atoms with van der Waals surface area (Å²) in [6.07, 6.45) is 8.45. The molecule has 1 atom stereocenters. The van der Waals surface area contributed by atoms with Crippen LogP contribution in [0, 0.1) is 5.92 Å². The van der Waals surface area contributed by atoms with Crippen molar-refractivity contribution in [2.24, 2.45) is 5.92 Å². The number of rotatable bonds is 13. The molecule has 1 amide bonds. The maximum atomic E-state index is 12.7. The number of hydrogen-bond acceptors (Lipinski definition) is 16. The molecule has 24 heteroatoms. The Morgan fingerprint density at radius 3 is 2.19 bits per heavy atom. The zero-order valence-electron chi connectivity index (χ0n) is 39.0. The molecule has 2 aromatic rings. The Balaban J connectivity index is 0.000000556. The number of esters is 2. The van der Waals surface area contributed by atoms with Crippen molar-refractivity contribution in [1.29, 1.82) is 0 Å². The van der Waals surface area contributed by atoms with Gasteiger partial charge in [0.1, 0.15) is 35.4 Å². The van der Waals surface area contributed by atoms with Gasteiger partial charge in [-0.2, -0.15) is 26.7 Å². The molecule has 3 heterocycles. The van der Waals surface area contributed by atoms with Crippen LogP contribution < -0.4 is 9.47 Å². The number of carbonyl (C=O) groups excluding carboxylic acids is 5. The Kier molecular flexibility index (Phi) is 26.3. The van der Waals surface area contributed by atoms with Gasteiger partial charge in [-0.25, -0.2) is 14.6 Å². The second kappa shape index (κ2) is 28.9. The van der Waals surface area contributed by atoms with Gasteiger partial charge in [0.05, 0.1) is 49.9 Å². The molecule has 3 aliphatic rings. The van der Waals surface area contributed by atoms with E-state index < -0.39 is 38.9 Å². The van der Waals surface area contributed by atoms with Crippen molar-refractivity contribution in [3.8, 4) is 11.6 Å². The van der Waals surface area contributed by atoms with E-state index in [0.717, 1.165) is 50.1 Å². The maximum absolute atomic E-state index is 12.7. The molecule has 0 N–H and O–H groups in total. The number of Topliss-reactive ketones (excluding diaryl/α,β-unsaturated/α-hetero) is 1. The topological polar surface area (TPSA) is 226 Å². The van der Waals surface area contributed by atoms with Crippen LogP contribution in [0.2, 0.25) is 0 Å². The Morgan fingerprint density at radius 2 is 1.63 bits per heavy atom. The number of alkyl halides is 3. The smallest absolute Gasteiger partial charge is 0 e. The van der Waals surface area contributed by atoms with E-state index >= 15 is 0 Å². The van der Waals surface area contributed by atoms with Crippen LogP contribution in [0.3, 0.4) is 0 Å². The van der Waals surface area contributed by atoms with E-state index in [1.165, 1.54) is 26.3 Å². The molecular weight excluding hydrogens is 981 g/mol. The minimum absolute atomic E-state index is 0. The van der Waals surface area contributed by atoms with Crippen molar-refractivity contribution >= 4 is 45.8 Å². The van der Waals surface area contributed by atoms with Gasteiger partial charge in [0, 0.05) is 59.4 Å².